The Morgan fingerprint density at radius 1 is 1.22 bits per heavy atom. The van der Waals surface area contributed by atoms with E-state index in [1.165, 1.54) is 24.0 Å². The van der Waals surface area contributed by atoms with Gasteiger partial charge in [-0.3, -0.25) is 14.6 Å². The van der Waals surface area contributed by atoms with Crippen molar-refractivity contribution in [3.05, 3.63) is 47.8 Å². The van der Waals surface area contributed by atoms with Crippen molar-refractivity contribution in [3.8, 4) is 5.75 Å². The molecular formula is C24H37IN6O. The average Bonchev–Trinajstić information content (AvgIpc) is 3.55. The van der Waals surface area contributed by atoms with Crippen LogP contribution in [-0.4, -0.2) is 71.9 Å². The van der Waals surface area contributed by atoms with Gasteiger partial charge in [-0.1, -0.05) is 12.1 Å². The Kier molecular flexibility index (Phi) is 9.22. The Hall–Kier alpha value is -1.81. The minimum Gasteiger partial charge on any atom is -0.497 e. The number of likely N-dealkylation sites (tertiary alicyclic amines) is 2. The fourth-order valence-corrected chi connectivity index (χ4v) is 4.79. The Morgan fingerprint density at radius 3 is 2.59 bits per heavy atom. The molecule has 32 heavy (non-hydrogen) atoms. The number of hydrogen-bond donors (Lipinski definition) is 1. The van der Waals surface area contributed by atoms with Gasteiger partial charge in [0.15, 0.2) is 5.96 Å². The molecule has 3 heterocycles. The van der Waals surface area contributed by atoms with E-state index in [0.717, 1.165) is 57.4 Å². The van der Waals surface area contributed by atoms with Crippen LogP contribution in [0.5, 0.6) is 5.75 Å². The predicted octanol–water partition coefficient (Wildman–Crippen LogP) is 3.64. The second-order valence-electron chi connectivity index (χ2n) is 8.61. The minimum absolute atomic E-state index is 0. The third kappa shape index (κ3) is 5.95. The normalized spacial score (nSPS) is 20.3. The van der Waals surface area contributed by atoms with Gasteiger partial charge in [-0.2, -0.15) is 5.10 Å². The first-order valence-corrected chi connectivity index (χ1v) is 11.6. The molecule has 1 aromatic carbocycles. The number of aliphatic imine (C=N–C) groups is 1. The molecule has 2 aliphatic heterocycles. The molecule has 8 heteroatoms. The first-order valence-electron chi connectivity index (χ1n) is 11.6. The Balaban J connectivity index is 0.00000289. The summed E-state index contributed by atoms with van der Waals surface area (Å²) >= 11 is 0. The zero-order valence-corrected chi connectivity index (χ0v) is 21.9. The van der Waals surface area contributed by atoms with E-state index in [4.69, 9.17) is 9.73 Å². The van der Waals surface area contributed by atoms with Crippen molar-refractivity contribution in [3.63, 3.8) is 0 Å². The lowest BCUT2D eigenvalue weighted by Crippen LogP contribution is -2.40. The van der Waals surface area contributed by atoms with Gasteiger partial charge in [0.25, 0.3) is 0 Å². The number of nitrogens with zero attached hydrogens (tertiary/aromatic N) is 5. The van der Waals surface area contributed by atoms with Gasteiger partial charge in [0.1, 0.15) is 5.75 Å². The SMILES string of the molecule is CCNC(=NCC(c1ccc(OC)cc1)N1CCCC1)N1CCC(c2cnn(C)c2)C1.I. The average molecular weight is 553 g/mol. The van der Waals surface area contributed by atoms with Crippen LogP contribution in [0.25, 0.3) is 0 Å². The number of benzene rings is 1. The van der Waals surface area contributed by atoms with Crippen molar-refractivity contribution < 1.29 is 4.74 Å². The Labute approximate surface area is 209 Å². The van der Waals surface area contributed by atoms with Crippen molar-refractivity contribution in [1.82, 2.24) is 24.9 Å². The van der Waals surface area contributed by atoms with Gasteiger partial charge >= 0.3 is 0 Å². The van der Waals surface area contributed by atoms with Crippen molar-refractivity contribution >= 4 is 29.9 Å². The summed E-state index contributed by atoms with van der Waals surface area (Å²) in [6.45, 7) is 8.11. The molecule has 176 valence electrons. The van der Waals surface area contributed by atoms with Gasteiger partial charge in [-0.25, -0.2) is 0 Å². The molecular weight excluding hydrogens is 515 g/mol. The molecule has 2 aromatic rings. The van der Waals surface area contributed by atoms with Crippen molar-refractivity contribution in [1.29, 1.82) is 0 Å². The molecule has 0 spiro atoms. The number of methoxy groups -OCH3 is 1. The molecule has 2 saturated heterocycles. The lowest BCUT2D eigenvalue weighted by atomic mass is 10.0. The first-order chi connectivity index (χ1) is 15.2. The molecule has 2 fully saturated rings. The standard InChI is InChI=1S/C24H36N6O.HI/c1-4-25-24(30-14-11-20(18-30)21-15-27-28(2)17-21)26-16-23(29-12-5-6-13-29)19-7-9-22(31-3)10-8-19;/h7-10,15,17,20,23H,4-6,11-14,16,18H2,1-3H3,(H,25,26);1H. The lowest BCUT2D eigenvalue weighted by molar-refractivity contribution is 0.251. The molecule has 4 rings (SSSR count). The molecule has 2 aliphatic rings. The van der Waals surface area contributed by atoms with Crippen LogP contribution in [0.3, 0.4) is 0 Å². The fraction of sp³-hybridized carbons (Fsp3) is 0.583. The largest absolute Gasteiger partial charge is 0.497 e. The van der Waals surface area contributed by atoms with E-state index in [0.29, 0.717) is 12.0 Å². The zero-order chi connectivity index (χ0) is 21.6. The topological polar surface area (TPSA) is 57.9 Å². The summed E-state index contributed by atoms with van der Waals surface area (Å²) in [7, 11) is 3.70. The smallest absolute Gasteiger partial charge is 0.194 e. The van der Waals surface area contributed by atoms with Crippen molar-refractivity contribution in [2.45, 2.75) is 38.1 Å². The van der Waals surface area contributed by atoms with Crippen LogP contribution in [0, 0.1) is 0 Å². The van der Waals surface area contributed by atoms with E-state index in [2.05, 4.69) is 57.6 Å². The Morgan fingerprint density at radius 2 is 1.97 bits per heavy atom. The van der Waals surface area contributed by atoms with Crippen LogP contribution in [0.2, 0.25) is 0 Å². The van der Waals surface area contributed by atoms with Crippen LogP contribution in [0.15, 0.2) is 41.7 Å². The number of nitrogens with one attached hydrogen (secondary N) is 1. The number of aromatic nitrogens is 2. The molecule has 0 aliphatic carbocycles. The van der Waals surface area contributed by atoms with Crippen LogP contribution < -0.4 is 10.1 Å². The van der Waals surface area contributed by atoms with E-state index >= 15 is 0 Å². The van der Waals surface area contributed by atoms with Gasteiger partial charge < -0.3 is 15.0 Å². The second kappa shape index (κ2) is 11.9. The highest BCUT2D eigenvalue weighted by molar-refractivity contribution is 14.0. The van der Waals surface area contributed by atoms with Crippen molar-refractivity contribution in [2.24, 2.45) is 12.0 Å². The van der Waals surface area contributed by atoms with Crippen LogP contribution in [0.1, 0.15) is 49.3 Å². The molecule has 7 nitrogen and oxygen atoms in total. The highest BCUT2D eigenvalue weighted by Crippen LogP contribution is 2.29. The summed E-state index contributed by atoms with van der Waals surface area (Å²) < 4.78 is 7.25. The van der Waals surface area contributed by atoms with Crippen LogP contribution in [-0.2, 0) is 7.05 Å². The third-order valence-electron chi connectivity index (χ3n) is 6.51. The molecule has 2 atom stereocenters. The maximum absolute atomic E-state index is 5.36. The van der Waals surface area contributed by atoms with E-state index in [9.17, 15) is 0 Å². The number of hydrogen-bond acceptors (Lipinski definition) is 4. The van der Waals surface area contributed by atoms with E-state index in [1.54, 1.807) is 7.11 Å². The van der Waals surface area contributed by atoms with Gasteiger partial charge in [-0.05, 0) is 62.5 Å². The molecule has 0 radical (unpaired) electrons. The highest BCUT2D eigenvalue weighted by Gasteiger charge is 2.28. The van der Waals surface area contributed by atoms with Gasteiger partial charge in [0.05, 0.1) is 25.9 Å². The molecule has 0 bridgehead atoms. The number of aryl methyl sites for hydroxylation is 1. The molecule has 1 aromatic heterocycles. The summed E-state index contributed by atoms with van der Waals surface area (Å²) in [5, 5.41) is 7.89. The van der Waals surface area contributed by atoms with Gasteiger partial charge in [-0.15, -0.1) is 24.0 Å². The maximum atomic E-state index is 5.36. The summed E-state index contributed by atoms with van der Waals surface area (Å²) in [6.07, 6.45) is 7.84. The predicted molar refractivity (Wildman–Crippen MR) is 140 cm³/mol. The van der Waals surface area contributed by atoms with Crippen LogP contribution >= 0.6 is 24.0 Å². The molecule has 0 saturated carbocycles. The number of guanidine groups is 1. The molecule has 0 amide bonds. The number of rotatable bonds is 7. The Bertz CT molecular complexity index is 862. The monoisotopic (exact) mass is 552 g/mol. The highest BCUT2D eigenvalue weighted by atomic mass is 127. The van der Waals surface area contributed by atoms with E-state index in [-0.39, 0.29) is 24.0 Å². The minimum atomic E-state index is 0. The molecule has 2 unspecified atom stereocenters. The molecule has 1 N–H and O–H groups in total. The lowest BCUT2D eigenvalue weighted by Gasteiger charge is -2.28. The quantitative estimate of drug-likeness (QED) is 0.323. The fourth-order valence-electron chi connectivity index (χ4n) is 4.79. The van der Waals surface area contributed by atoms with Gasteiger partial charge in [0, 0.05) is 38.8 Å². The first kappa shape index (κ1) is 24.8. The van der Waals surface area contributed by atoms with Crippen LogP contribution in [0.4, 0.5) is 0 Å². The maximum Gasteiger partial charge on any atom is 0.194 e. The summed E-state index contributed by atoms with van der Waals surface area (Å²) in [5.74, 6) is 2.46. The summed E-state index contributed by atoms with van der Waals surface area (Å²) in [4.78, 5) is 10.1. The third-order valence-corrected chi connectivity index (χ3v) is 6.51. The van der Waals surface area contributed by atoms with Crippen molar-refractivity contribution in [2.75, 3.05) is 46.4 Å². The van der Waals surface area contributed by atoms with E-state index in [1.807, 2.05) is 17.9 Å². The summed E-state index contributed by atoms with van der Waals surface area (Å²) in [5.41, 5.74) is 2.64. The number of ether oxygens (including phenoxy) is 1. The number of halogens is 1. The second-order valence-corrected chi connectivity index (χ2v) is 8.61. The summed E-state index contributed by atoms with van der Waals surface area (Å²) in [6, 6.07) is 8.81. The zero-order valence-electron chi connectivity index (χ0n) is 19.5. The van der Waals surface area contributed by atoms with E-state index < -0.39 is 0 Å². The van der Waals surface area contributed by atoms with Gasteiger partial charge in [0.2, 0.25) is 0 Å².